The first-order valence-electron chi connectivity index (χ1n) is 6.95. The van der Waals surface area contributed by atoms with Crippen molar-refractivity contribution in [3.63, 3.8) is 0 Å². The van der Waals surface area contributed by atoms with Crippen LogP contribution in [-0.4, -0.2) is 35.8 Å². The zero-order valence-electron chi connectivity index (χ0n) is 11.8. The van der Waals surface area contributed by atoms with Crippen LogP contribution in [0.3, 0.4) is 0 Å². The van der Waals surface area contributed by atoms with Gasteiger partial charge in [0.15, 0.2) is 0 Å². The number of hydrogen-bond acceptors (Lipinski definition) is 3. The van der Waals surface area contributed by atoms with Crippen LogP contribution in [0.1, 0.15) is 35.7 Å². The normalized spacial score (nSPS) is 16.0. The van der Waals surface area contributed by atoms with E-state index >= 15 is 0 Å². The van der Waals surface area contributed by atoms with Gasteiger partial charge in [-0.05, 0) is 30.5 Å². The molecular weight excluding hydrogens is 254 g/mol. The highest BCUT2D eigenvalue weighted by molar-refractivity contribution is 5.94. The third-order valence-electron chi connectivity index (χ3n) is 3.73. The summed E-state index contributed by atoms with van der Waals surface area (Å²) < 4.78 is 0. The number of likely N-dealkylation sites (tertiary alicyclic amines) is 1. The Hall–Kier alpha value is -1.88. The summed E-state index contributed by atoms with van der Waals surface area (Å²) in [6.07, 6.45) is 1.62. The molecule has 0 bridgehead atoms. The fraction of sp³-hybridized carbons (Fsp3) is 0.467. The van der Waals surface area contributed by atoms with Gasteiger partial charge in [-0.2, -0.15) is 0 Å². The summed E-state index contributed by atoms with van der Waals surface area (Å²) in [6.45, 7) is 3.49. The van der Waals surface area contributed by atoms with Gasteiger partial charge >= 0.3 is 0 Å². The van der Waals surface area contributed by atoms with Gasteiger partial charge in [-0.15, -0.1) is 0 Å². The third kappa shape index (κ3) is 3.57. The maximum Gasteiger partial charge on any atom is 0.251 e. The zero-order valence-corrected chi connectivity index (χ0v) is 11.8. The molecule has 0 spiro atoms. The van der Waals surface area contributed by atoms with Crippen molar-refractivity contribution >= 4 is 11.8 Å². The number of carbonyl (C=O) groups is 2. The number of carbonyl (C=O) groups excluding carboxylic acids is 2. The van der Waals surface area contributed by atoms with Crippen LogP contribution < -0.4 is 11.1 Å². The smallest absolute Gasteiger partial charge is 0.251 e. The molecule has 20 heavy (non-hydrogen) atoms. The fourth-order valence-corrected chi connectivity index (χ4v) is 2.40. The van der Waals surface area contributed by atoms with Gasteiger partial charge in [-0.1, -0.05) is 12.1 Å². The highest BCUT2D eigenvalue weighted by Gasteiger charge is 2.22. The summed E-state index contributed by atoms with van der Waals surface area (Å²) in [7, 11) is 0. The lowest BCUT2D eigenvalue weighted by atomic mass is 10.0. The predicted octanol–water partition coefficient (Wildman–Crippen LogP) is 0.886. The van der Waals surface area contributed by atoms with Crippen molar-refractivity contribution in [2.75, 3.05) is 13.1 Å². The van der Waals surface area contributed by atoms with Crippen molar-refractivity contribution in [1.29, 1.82) is 0 Å². The Kier molecular flexibility index (Phi) is 4.74. The first-order chi connectivity index (χ1) is 9.60. The van der Waals surface area contributed by atoms with Crippen LogP contribution >= 0.6 is 0 Å². The van der Waals surface area contributed by atoms with E-state index in [1.165, 1.54) is 0 Å². The van der Waals surface area contributed by atoms with Gasteiger partial charge in [-0.25, -0.2) is 0 Å². The molecule has 2 rings (SSSR count). The largest absolute Gasteiger partial charge is 0.349 e. The molecule has 1 fully saturated rings. The van der Waals surface area contributed by atoms with Crippen molar-refractivity contribution in [3.05, 3.63) is 35.4 Å². The Labute approximate surface area is 119 Å². The molecule has 0 unspecified atom stereocenters. The van der Waals surface area contributed by atoms with Crippen LogP contribution in [0, 0.1) is 0 Å². The minimum atomic E-state index is -0.0603. The third-order valence-corrected chi connectivity index (χ3v) is 3.73. The maximum atomic E-state index is 12.1. The molecule has 2 amide bonds. The number of amides is 2. The molecule has 1 aromatic carbocycles. The molecule has 1 heterocycles. The number of nitrogens with one attached hydrogen (secondary N) is 1. The van der Waals surface area contributed by atoms with Crippen LogP contribution in [-0.2, 0) is 11.3 Å². The summed E-state index contributed by atoms with van der Waals surface area (Å²) in [5, 5.41) is 3.02. The standard InChI is InChI=1S/C15H21N3O2/c1-11(19)18-8-6-14(7-9-18)17-15(20)13-4-2-12(10-16)3-5-13/h2-5,14H,6-10,16H2,1H3,(H,17,20). The molecular formula is C15H21N3O2. The lowest BCUT2D eigenvalue weighted by Gasteiger charge is -2.31. The molecule has 0 aromatic heterocycles. The fourth-order valence-electron chi connectivity index (χ4n) is 2.40. The van der Waals surface area contributed by atoms with E-state index in [1.54, 1.807) is 19.1 Å². The average Bonchev–Trinajstić information content (AvgIpc) is 2.48. The van der Waals surface area contributed by atoms with E-state index in [4.69, 9.17) is 5.73 Å². The molecule has 0 aliphatic carbocycles. The van der Waals surface area contributed by atoms with Gasteiger partial charge in [0.1, 0.15) is 0 Å². The van der Waals surface area contributed by atoms with Crippen molar-refractivity contribution < 1.29 is 9.59 Å². The topological polar surface area (TPSA) is 75.4 Å². The van der Waals surface area contributed by atoms with Crippen molar-refractivity contribution in [3.8, 4) is 0 Å². The van der Waals surface area contributed by atoms with Crippen LogP contribution in [0.4, 0.5) is 0 Å². The number of benzene rings is 1. The minimum absolute atomic E-state index is 0.0603. The first-order valence-corrected chi connectivity index (χ1v) is 6.95. The van der Waals surface area contributed by atoms with Crippen LogP contribution in [0.2, 0.25) is 0 Å². The molecule has 3 N–H and O–H groups in total. The zero-order chi connectivity index (χ0) is 14.5. The Morgan fingerprint density at radius 1 is 1.25 bits per heavy atom. The van der Waals surface area contributed by atoms with Crippen molar-refractivity contribution in [1.82, 2.24) is 10.2 Å². The quantitative estimate of drug-likeness (QED) is 0.860. The number of rotatable bonds is 3. The van der Waals surface area contributed by atoms with E-state index in [2.05, 4.69) is 5.32 Å². The van der Waals surface area contributed by atoms with E-state index in [0.29, 0.717) is 25.2 Å². The first kappa shape index (κ1) is 14.5. The van der Waals surface area contributed by atoms with Gasteiger partial charge in [0.2, 0.25) is 5.91 Å². The predicted molar refractivity (Wildman–Crippen MR) is 77.1 cm³/mol. The van der Waals surface area contributed by atoms with Crippen LogP contribution in [0.15, 0.2) is 24.3 Å². The number of nitrogens with two attached hydrogens (primary N) is 1. The van der Waals surface area contributed by atoms with E-state index in [9.17, 15) is 9.59 Å². The van der Waals surface area contributed by atoms with Gasteiger partial charge in [0.25, 0.3) is 5.91 Å². The van der Waals surface area contributed by atoms with Gasteiger partial charge in [-0.3, -0.25) is 9.59 Å². The molecule has 1 saturated heterocycles. The lowest BCUT2D eigenvalue weighted by Crippen LogP contribution is -2.45. The second-order valence-corrected chi connectivity index (χ2v) is 5.15. The molecule has 1 aliphatic heterocycles. The van der Waals surface area contributed by atoms with Crippen molar-refractivity contribution in [2.24, 2.45) is 5.73 Å². The Bertz CT molecular complexity index is 476. The Morgan fingerprint density at radius 3 is 2.35 bits per heavy atom. The SMILES string of the molecule is CC(=O)N1CCC(NC(=O)c2ccc(CN)cc2)CC1. The molecule has 0 radical (unpaired) electrons. The van der Waals surface area contributed by atoms with Crippen LogP contribution in [0.5, 0.6) is 0 Å². The second-order valence-electron chi connectivity index (χ2n) is 5.15. The number of piperidine rings is 1. The number of hydrogen-bond donors (Lipinski definition) is 2. The highest BCUT2D eigenvalue weighted by Crippen LogP contribution is 2.12. The molecule has 0 saturated carbocycles. The summed E-state index contributed by atoms with van der Waals surface area (Å²) in [5.41, 5.74) is 7.19. The maximum absolute atomic E-state index is 12.1. The lowest BCUT2D eigenvalue weighted by molar-refractivity contribution is -0.129. The second kappa shape index (κ2) is 6.52. The summed E-state index contributed by atoms with van der Waals surface area (Å²) in [6, 6.07) is 7.47. The van der Waals surface area contributed by atoms with E-state index in [1.807, 2.05) is 17.0 Å². The molecule has 108 valence electrons. The van der Waals surface area contributed by atoms with E-state index in [-0.39, 0.29) is 17.9 Å². The average molecular weight is 275 g/mol. The van der Waals surface area contributed by atoms with E-state index in [0.717, 1.165) is 18.4 Å². The van der Waals surface area contributed by atoms with Crippen molar-refractivity contribution in [2.45, 2.75) is 32.4 Å². The molecule has 5 nitrogen and oxygen atoms in total. The summed E-state index contributed by atoms with van der Waals surface area (Å²) in [4.78, 5) is 25.2. The number of nitrogens with zero attached hydrogens (tertiary/aromatic N) is 1. The molecule has 0 atom stereocenters. The van der Waals surface area contributed by atoms with Gasteiger partial charge in [0, 0.05) is 38.2 Å². The summed E-state index contributed by atoms with van der Waals surface area (Å²) >= 11 is 0. The van der Waals surface area contributed by atoms with E-state index < -0.39 is 0 Å². The molecule has 1 aliphatic rings. The Morgan fingerprint density at radius 2 is 1.85 bits per heavy atom. The Balaban J connectivity index is 1.87. The van der Waals surface area contributed by atoms with Gasteiger partial charge in [0.05, 0.1) is 0 Å². The molecule has 5 heteroatoms. The molecule has 1 aromatic rings. The highest BCUT2D eigenvalue weighted by atomic mass is 16.2. The monoisotopic (exact) mass is 275 g/mol. The minimum Gasteiger partial charge on any atom is -0.349 e. The van der Waals surface area contributed by atoms with Gasteiger partial charge < -0.3 is 16.0 Å². The van der Waals surface area contributed by atoms with Crippen LogP contribution in [0.25, 0.3) is 0 Å². The summed E-state index contributed by atoms with van der Waals surface area (Å²) in [5.74, 6) is 0.0435.